The quantitative estimate of drug-likeness (QED) is 0.753. The Balaban J connectivity index is 1.81. The van der Waals surface area contributed by atoms with E-state index in [0.29, 0.717) is 16.3 Å². The lowest BCUT2D eigenvalue weighted by Crippen LogP contribution is -2.26. The number of ether oxygens (including phenoxy) is 1. The summed E-state index contributed by atoms with van der Waals surface area (Å²) in [5.74, 6) is 0.0930. The van der Waals surface area contributed by atoms with Crippen molar-refractivity contribution in [3.8, 4) is 17.0 Å². The van der Waals surface area contributed by atoms with Crippen LogP contribution in [0.3, 0.4) is 0 Å². The number of aromatic nitrogens is 2. The SMILES string of the molecule is COc1cccc(-c2nnsc2C(=O)N[C@H](C)c2ccc(F)cc2)c1. The monoisotopic (exact) mass is 357 g/mol. The highest BCUT2D eigenvalue weighted by Crippen LogP contribution is 2.27. The van der Waals surface area contributed by atoms with E-state index >= 15 is 0 Å². The molecule has 0 saturated heterocycles. The molecule has 0 aliphatic heterocycles. The topological polar surface area (TPSA) is 64.1 Å². The molecule has 1 heterocycles. The third kappa shape index (κ3) is 3.83. The second-order valence-corrected chi connectivity index (χ2v) is 6.18. The number of carbonyl (C=O) groups excluding carboxylic acids is 1. The van der Waals surface area contributed by atoms with E-state index in [4.69, 9.17) is 4.74 Å². The number of hydrogen-bond donors (Lipinski definition) is 1. The predicted octanol–water partition coefficient (Wildman–Crippen LogP) is 3.84. The van der Waals surface area contributed by atoms with Crippen molar-refractivity contribution >= 4 is 17.4 Å². The molecular formula is C18H16FN3O2S. The van der Waals surface area contributed by atoms with Gasteiger partial charge in [0.05, 0.1) is 13.2 Å². The minimum absolute atomic E-state index is 0.270. The molecule has 25 heavy (non-hydrogen) atoms. The third-order valence-corrected chi connectivity index (χ3v) is 4.48. The van der Waals surface area contributed by atoms with Gasteiger partial charge in [-0.1, -0.05) is 28.8 Å². The van der Waals surface area contributed by atoms with Crippen LogP contribution in [0.25, 0.3) is 11.3 Å². The molecule has 1 amide bonds. The number of nitrogens with zero attached hydrogens (tertiary/aromatic N) is 2. The molecule has 0 aliphatic carbocycles. The first-order valence-corrected chi connectivity index (χ1v) is 8.39. The lowest BCUT2D eigenvalue weighted by molar-refractivity contribution is 0.0944. The summed E-state index contributed by atoms with van der Waals surface area (Å²) < 4.78 is 22.1. The van der Waals surface area contributed by atoms with E-state index in [9.17, 15) is 9.18 Å². The number of carbonyl (C=O) groups is 1. The molecule has 0 spiro atoms. The number of methoxy groups -OCH3 is 1. The third-order valence-electron chi connectivity index (χ3n) is 3.76. The highest BCUT2D eigenvalue weighted by Gasteiger charge is 2.20. The Hall–Kier alpha value is -2.80. The standard InChI is InChI=1S/C18H16FN3O2S/c1-11(12-6-8-14(19)9-7-12)20-18(23)17-16(21-22-25-17)13-4-3-5-15(10-13)24-2/h3-11H,1-2H3,(H,20,23)/t11-/m1/s1. The molecule has 0 aliphatic rings. The Bertz CT molecular complexity index is 880. The van der Waals surface area contributed by atoms with Gasteiger partial charge in [0.15, 0.2) is 0 Å². The van der Waals surface area contributed by atoms with Crippen molar-refractivity contribution in [2.75, 3.05) is 7.11 Å². The molecule has 0 radical (unpaired) electrons. The Kier molecular flexibility index (Phi) is 5.04. The first-order chi connectivity index (χ1) is 12.1. The first kappa shape index (κ1) is 17.0. The molecule has 0 unspecified atom stereocenters. The van der Waals surface area contributed by atoms with Crippen LogP contribution in [-0.2, 0) is 0 Å². The van der Waals surface area contributed by atoms with Gasteiger partial charge >= 0.3 is 0 Å². The van der Waals surface area contributed by atoms with Crippen molar-refractivity contribution in [1.82, 2.24) is 14.9 Å². The fraction of sp³-hybridized carbons (Fsp3) is 0.167. The van der Waals surface area contributed by atoms with Crippen LogP contribution < -0.4 is 10.1 Å². The van der Waals surface area contributed by atoms with Gasteiger partial charge in [0.25, 0.3) is 5.91 Å². The number of benzene rings is 2. The van der Waals surface area contributed by atoms with Crippen molar-refractivity contribution in [2.45, 2.75) is 13.0 Å². The van der Waals surface area contributed by atoms with E-state index in [2.05, 4.69) is 14.9 Å². The van der Waals surface area contributed by atoms with Crippen molar-refractivity contribution in [3.05, 3.63) is 64.8 Å². The number of amides is 1. The zero-order chi connectivity index (χ0) is 17.8. The number of nitrogens with one attached hydrogen (secondary N) is 1. The second-order valence-electron chi connectivity index (χ2n) is 5.43. The number of halogens is 1. The van der Waals surface area contributed by atoms with Gasteiger partial charge in [0.2, 0.25) is 0 Å². The maximum atomic E-state index is 13.0. The largest absolute Gasteiger partial charge is 0.497 e. The molecule has 1 N–H and O–H groups in total. The molecule has 2 aromatic carbocycles. The Morgan fingerprint density at radius 2 is 2.00 bits per heavy atom. The Morgan fingerprint density at radius 1 is 1.24 bits per heavy atom. The number of hydrogen-bond acceptors (Lipinski definition) is 5. The summed E-state index contributed by atoms with van der Waals surface area (Å²) in [6.45, 7) is 1.84. The van der Waals surface area contributed by atoms with E-state index in [1.165, 1.54) is 12.1 Å². The zero-order valence-electron chi connectivity index (χ0n) is 13.7. The van der Waals surface area contributed by atoms with Crippen molar-refractivity contribution < 1.29 is 13.9 Å². The maximum Gasteiger partial charge on any atom is 0.265 e. The van der Waals surface area contributed by atoms with Crippen molar-refractivity contribution in [1.29, 1.82) is 0 Å². The van der Waals surface area contributed by atoms with Crippen LogP contribution >= 0.6 is 11.5 Å². The lowest BCUT2D eigenvalue weighted by Gasteiger charge is -2.14. The molecule has 0 saturated carbocycles. The van der Waals surface area contributed by atoms with Crippen LogP contribution in [0.15, 0.2) is 48.5 Å². The molecule has 7 heteroatoms. The van der Waals surface area contributed by atoms with E-state index in [-0.39, 0.29) is 17.8 Å². The molecular weight excluding hydrogens is 341 g/mol. The minimum Gasteiger partial charge on any atom is -0.497 e. The summed E-state index contributed by atoms with van der Waals surface area (Å²) >= 11 is 1.03. The van der Waals surface area contributed by atoms with Crippen LogP contribution in [-0.4, -0.2) is 22.6 Å². The maximum absolute atomic E-state index is 13.0. The Labute approximate surface area is 148 Å². The molecule has 1 aromatic heterocycles. The van der Waals surface area contributed by atoms with Crippen LogP contribution in [0, 0.1) is 5.82 Å². The van der Waals surface area contributed by atoms with E-state index in [0.717, 1.165) is 22.7 Å². The highest BCUT2D eigenvalue weighted by molar-refractivity contribution is 7.08. The first-order valence-electron chi connectivity index (χ1n) is 7.61. The molecule has 128 valence electrons. The molecule has 5 nitrogen and oxygen atoms in total. The fourth-order valence-electron chi connectivity index (χ4n) is 2.40. The summed E-state index contributed by atoms with van der Waals surface area (Å²) in [6.07, 6.45) is 0. The average Bonchev–Trinajstić information content (AvgIpc) is 3.12. The van der Waals surface area contributed by atoms with E-state index in [1.54, 1.807) is 25.3 Å². The molecule has 0 fully saturated rings. The van der Waals surface area contributed by atoms with Gasteiger partial charge in [-0.25, -0.2) is 4.39 Å². The summed E-state index contributed by atoms with van der Waals surface area (Å²) in [7, 11) is 1.58. The lowest BCUT2D eigenvalue weighted by atomic mass is 10.1. The van der Waals surface area contributed by atoms with E-state index < -0.39 is 0 Å². The summed E-state index contributed by atoms with van der Waals surface area (Å²) in [5.41, 5.74) is 2.08. The van der Waals surface area contributed by atoms with Gasteiger partial charge in [-0.05, 0) is 48.3 Å². The van der Waals surface area contributed by atoms with Gasteiger partial charge in [0.1, 0.15) is 22.1 Å². The molecule has 0 bridgehead atoms. The van der Waals surface area contributed by atoms with Gasteiger partial charge in [0, 0.05) is 5.56 Å². The zero-order valence-corrected chi connectivity index (χ0v) is 14.5. The molecule has 3 aromatic rings. The molecule has 1 atom stereocenters. The second kappa shape index (κ2) is 7.40. The molecule has 3 rings (SSSR count). The summed E-state index contributed by atoms with van der Waals surface area (Å²) in [5, 5.41) is 6.97. The highest BCUT2D eigenvalue weighted by atomic mass is 32.1. The van der Waals surface area contributed by atoms with Crippen molar-refractivity contribution in [3.63, 3.8) is 0 Å². The smallest absolute Gasteiger partial charge is 0.265 e. The van der Waals surface area contributed by atoms with Crippen LogP contribution in [0.1, 0.15) is 28.2 Å². The summed E-state index contributed by atoms with van der Waals surface area (Å²) in [6, 6.07) is 13.1. The fourth-order valence-corrected chi connectivity index (χ4v) is 2.99. The number of rotatable bonds is 5. The van der Waals surface area contributed by atoms with Gasteiger partial charge < -0.3 is 10.1 Å². The van der Waals surface area contributed by atoms with Crippen LogP contribution in [0.2, 0.25) is 0 Å². The normalized spacial score (nSPS) is 11.8. The van der Waals surface area contributed by atoms with Crippen LogP contribution in [0.5, 0.6) is 5.75 Å². The van der Waals surface area contributed by atoms with Crippen molar-refractivity contribution in [2.24, 2.45) is 0 Å². The minimum atomic E-state index is -0.311. The average molecular weight is 357 g/mol. The van der Waals surface area contributed by atoms with Gasteiger partial charge in [-0.15, -0.1) is 5.10 Å². The predicted molar refractivity (Wildman–Crippen MR) is 94.2 cm³/mol. The van der Waals surface area contributed by atoms with Crippen LogP contribution in [0.4, 0.5) is 4.39 Å². The Morgan fingerprint density at radius 3 is 2.72 bits per heavy atom. The van der Waals surface area contributed by atoms with E-state index in [1.807, 2.05) is 25.1 Å². The van der Waals surface area contributed by atoms with Gasteiger partial charge in [-0.3, -0.25) is 4.79 Å². The van der Waals surface area contributed by atoms with Gasteiger partial charge in [-0.2, -0.15) is 0 Å². The summed E-state index contributed by atoms with van der Waals surface area (Å²) in [4.78, 5) is 13.0.